The number of benzene rings is 1. The molecule has 0 saturated carbocycles. The van der Waals surface area contributed by atoms with E-state index in [9.17, 15) is 14.4 Å². The maximum atomic E-state index is 12.4. The Morgan fingerprint density at radius 2 is 1.71 bits per heavy atom. The van der Waals surface area contributed by atoms with Crippen LogP contribution in [0.2, 0.25) is 0 Å². The first-order chi connectivity index (χ1) is 11.1. The Morgan fingerprint density at radius 3 is 2.17 bits per heavy atom. The van der Waals surface area contributed by atoms with Gasteiger partial charge in [0.05, 0.1) is 0 Å². The molecule has 132 valence electrons. The predicted octanol–water partition coefficient (Wildman–Crippen LogP) is 0.977. The molecular weight excluding hydrogens is 306 g/mol. The van der Waals surface area contributed by atoms with Gasteiger partial charge in [0.15, 0.2) is 0 Å². The van der Waals surface area contributed by atoms with Crippen molar-refractivity contribution in [2.24, 2.45) is 11.7 Å². The van der Waals surface area contributed by atoms with Crippen molar-refractivity contribution >= 4 is 17.7 Å². The summed E-state index contributed by atoms with van der Waals surface area (Å²) in [5, 5.41) is 5.26. The van der Waals surface area contributed by atoms with Crippen molar-refractivity contribution < 1.29 is 14.4 Å². The summed E-state index contributed by atoms with van der Waals surface area (Å²) in [5.74, 6) is -1.42. The van der Waals surface area contributed by atoms with Gasteiger partial charge in [-0.2, -0.15) is 0 Å². The first-order valence-electron chi connectivity index (χ1n) is 8.04. The van der Waals surface area contributed by atoms with Crippen LogP contribution in [0, 0.1) is 19.8 Å². The minimum atomic E-state index is -0.824. The lowest BCUT2D eigenvalue weighted by molar-refractivity contribution is -0.131. The third-order valence-electron chi connectivity index (χ3n) is 3.98. The maximum absolute atomic E-state index is 12.4. The van der Waals surface area contributed by atoms with Gasteiger partial charge in [0.2, 0.25) is 17.7 Å². The van der Waals surface area contributed by atoms with E-state index in [1.54, 1.807) is 0 Å². The molecule has 1 aromatic rings. The number of nitrogens with two attached hydrogens (primary N) is 1. The lowest BCUT2D eigenvalue weighted by atomic mass is 9.99. The molecule has 0 fully saturated rings. The van der Waals surface area contributed by atoms with Gasteiger partial charge in [0.25, 0.3) is 0 Å². The molecule has 3 amide bonds. The van der Waals surface area contributed by atoms with Gasteiger partial charge < -0.3 is 16.4 Å². The maximum Gasteiger partial charge on any atom is 0.243 e. The average Bonchev–Trinajstić information content (AvgIpc) is 2.47. The second-order valence-corrected chi connectivity index (χ2v) is 6.51. The molecule has 4 N–H and O–H groups in total. The molecule has 0 unspecified atom stereocenters. The molecule has 0 aromatic heterocycles. The van der Waals surface area contributed by atoms with E-state index in [0.29, 0.717) is 6.42 Å². The number of amides is 3. The van der Waals surface area contributed by atoms with Crippen molar-refractivity contribution in [3.63, 3.8) is 0 Å². The third-order valence-corrected chi connectivity index (χ3v) is 3.98. The van der Waals surface area contributed by atoms with E-state index < -0.39 is 23.9 Å². The zero-order valence-corrected chi connectivity index (χ0v) is 15.0. The van der Waals surface area contributed by atoms with Crippen molar-refractivity contribution in [1.29, 1.82) is 0 Å². The Labute approximate surface area is 143 Å². The molecule has 0 aliphatic rings. The summed E-state index contributed by atoms with van der Waals surface area (Å²) < 4.78 is 0. The number of aryl methyl sites for hydroxylation is 2. The molecule has 0 saturated heterocycles. The van der Waals surface area contributed by atoms with Crippen LogP contribution >= 0.6 is 0 Å². The molecule has 0 spiro atoms. The predicted molar refractivity (Wildman–Crippen MR) is 93.2 cm³/mol. The second-order valence-electron chi connectivity index (χ2n) is 6.51. The van der Waals surface area contributed by atoms with E-state index in [-0.39, 0.29) is 11.8 Å². The van der Waals surface area contributed by atoms with Gasteiger partial charge in [-0.3, -0.25) is 14.4 Å². The largest absolute Gasteiger partial charge is 0.368 e. The molecule has 6 heteroatoms. The minimum Gasteiger partial charge on any atom is -0.368 e. The summed E-state index contributed by atoms with van der Waals surface area (Å²) in [6.07, 6.45) is 0.313. The molecular formula is C18H27N3O3. The lowest BCUT2D eigenvalue weighted by Crippen LogP contribution is -2.55. The smallest absolute Gasteiger partial charge is 0.243 e. The molecule has 0 aliphatic heterocycles. The first-order valence-corrected chi connectivity index (χ1v) is 8.04. The summed E-state index contributed by atoms with van der Waals surface area (Å²) in [5.41, 5.74) is 8.62. The summed E-state index contributed by atoms with van der Waals surface area (Å²) >= 11 is 0. The number of hydrogen-bond donors (Lipinski definition) is 3. The van der Waals surface area contributed by atoms with Gasteiger partial charge >= 0.3 is 0 Å². The highest BCUT2D eigenvalue weighted by molar-refractivity contribution is 5.91. The van der Waals surface area contributed by atoms with Crippen LogP contribution < -0.4 is 16.4 Å². The zero-order valence-electron chi connectivity index (χ0n) is 15.0. The first kappa shape index (κ1) is 19.7. The monoisotopic (exact) mass is 333 g/mol. The Balaban J connectivity index is 2.88. The summed E-state index contributed by atoms with van der Waals surface area (Å²) in [4.78, 5) is 35.4. The Kier molecular flexibility index (Phi) is 6.95. The molecule has 24 heavy (non-hydrogen) atoms. The number of hydrogen-bond acceptors (Lipinski definition) is 3. The topological polar surface area (TPSA) is 101 Å². The van der Waals surface area contributed by atoms with E-state index in [1.165, 1.54) is 6.92 Å². The number of primary amides is 1. The summed E-state index contributed by atoms with van der Waals surface area (Å²) in [6.45, 7) is 8.99. The number of rotatable bonds is 7. The van der Waals surface area contributed by atoms with Crippen LogP contribution in [-0.4, -0.2) is 29.8 Å². The van der Waals surface area contributed by atoms with Crippen LogP contribution in [0.25, 0.3) is 0 Å². The van der Waals surface area contributed by atoms with Crippen molar-refractivity contribution in [1.82, 2.24) is 10.6 Å². The SMILES string of the molecule is CC(=O)N[C@@H](C(=O)N[C@@H](Cc1ccc(C)c(C)c1)C(N)=O)C(C)C. The van der Waals surface area contributed by atoms with E-state index >= 15 is 0 Å². The van der Waals surface area contributed by atoms with Crippen molar-refractivity contribution in [3.8, 4) is 0 Å². The van der Waals surface area contributed by atoms with Gasteiger partial charge in [-0.05, 0) is 36.5 Å². The Bertz CT molecular complexity index is 626. The quantitative estimate of drug-likeness (QED) is 0.693. The standard InChI is InChI=1S/C18H27N3O3/c1-10(2)16(20-13(5)22)18(24)21-15(17(19)23)9-14-7-6-11(3)12(4)8-14/h6-8,10,15-16H,9H2,1-5H3,(H2,19,23)(H,20,22)(H,21,24)/t15-,16+/m0/s1. The highest BCUT2D eigenvalue weighted by Crippen LogP contribution is 2.12. The minimum absolute atomic E-state index is 0.107. The van der Waals surface area contributed by atoms with Crippen LogP contribution in [0.1, 0.15) is 37.5 Å². The van der Waals surface area contributed by atoms with Crippen molar-refractivity contribution in [2.75, 3.05) is 0 Å². The number of carbonyl (C=O) groups excluding carboxylic acids is 3. The average molecular weight is 333 g/mol. The molecule has 1 aromatic carbocycles. The highest BCUT2D eigenvalue weighted by Gasteiger charge is 2.27. The summed E-state index contributed by atoms with van der Waals surface area (Å²) in [7, 11) is 0. The van der Waals surface area contributed by atoms with Gasteiger partial charge in [-0.25, -0.2) is 0 Å². The highest BCUT2D eigenvalue weighted by atomic mass is 16.2. The van der Waals surface area contributed by atoms with E-state index in [1.807, 2.05) is 45.9 Å². The van der Waals surface area contributed by atoms with Crippen molar-refractivity contribution in [2.45, 2.75) is 53.1 Å². The molecule has 0 aliphatic carbocycles. The molecule has 1 rings (SSSR count). The fourth-order valence-electron chi connectivity index (χ4n) is 2.40. The Morgan fingerprint density at radius 1 is 1.08 bits per heavy atom. The van der Waals surface area contributed by atoms with Gasteiger partial charge in [0, 0.05) is 13.3 Å². The Hall–Kier alpha value is -2.37. The number of nitrogens with one attached hydrogen (secondary N) is 2. The van der Waals surface area contributed by atoms with Crippen LogP contribution in [0.4, 0.5) is 0 Å². The van der Waals surface area contributed by atoms with E-state index in [2.05, 4.69) is 10.6 Å². The summed E-state index contributed by atoms with van der Waals surface area (Å²) in [6, 6.07) is 4.33. The van der Waals surface area contributed by atoms with Crippen LogP contribution in [0.5, 0.6) is 0 Å². The normalized spacial score (nSPS) is 13.2. The van der Waals surface area contributed by atoms with Crippen LogP contribution in [0.15, 0.2) is 18.2 Å². The molecule has 0 bridgehead atoms. The van der Waals surface area contributed by atoms with Gasteiger partial charge in [-0.15, -0.1) is 0 Å². The zero-order chi connectivity index (χ0) is 18.4. The molecule has 0 radical (unpaired) electrons. The fraction of sp³-hybridized carbons (Fsp3) is 0.500. The van der Waals surface area contributed by atoms with Gasteiger partial charge in [0.1, 0.15) is 12.1 Å². The molecule has 0 heterocycles. The van der Waals surface area contributed by atoms with Crippen molar-refractivity contribution in [3.05, 3.63) is 34.9 Å². The van der Waals surface area contributed by atoms with E-state index in [0.717, 1.165) is 16.7 Å². The molecule has 2 atom stereocenters. The van der Waals surface area contributed by atoms with Gasteiger partial charge in [-0.1, -0.05) is 32.0 Å². The third kappa shape index (κ3) is 5.68. The molecule has 6 nitrogen and oxygen atoms in total. The van der Waals surface area contributed by atoms with Crippen LogP contribution in [0.3, 0.4) is 0 Å². The van der Waals surface area contributed by atoms with Crippen LogP contribution in [-0.2, 0) is 20.8 Å². The fourth-order valence-corrected chi connectivity index (χ4v) is 2.40. The second kappa shape index (κ2) is 8.47. The van der Waals surface area contributed by atoms with E-state index in [4.69, 9.17) is 5.73 Å². The lowest BCUT2D eigenvalue weighted by Gasteiger charge is -2.24. The number of carbonyl (C=O) groups is 3.